The molecule has 7 nitrogen and oxygen atoms in total. The zero-order chi connectivity index (χ0) is 20.1. The van der Waals surface area contributed by atoms with Crippen LogP contribution in [-0.2, 0) is 9.47 Å². The predicted molar refractivity (Wildman–Crippen MR) is 106 cm³/mol. The van der Waals surface area contributed by atoms with Crippen molar-refractivity contribution in [2.75, 3.05) is 37.7 Å². The SMILES string of the molecule is CC(C)(C)OC(=O)N1CCN(c2ncc3cc(Br)cc(F)c3n2)CC12COC2. The van der Waals surface area contributed by atoms with Crippen molar-refractivity contribution in [2.24, 2.45) is 0 Å². The first-order valence-electron chi connectivity index (χ1n) is 9.12. The third kappa shape index (κ3) is 3.53. The van der Waals surface area contributed by atoms with Crippen LogP contribution < -0.4 is 4.90 Å². The molecule has 0 aliphatic carbocycles. The number of ether oxygens (including phenoxy) is 2. The van der Waals surface area contributed by atoms with E-state index in [2.05, 4.69) is 25.9 Å². The Morgan fingerprint density at radius 3 is 2.71 bits per heavy atom. The summed E-state index contributed by atoms with van der Waals surface area (Å²) >= 11 is 3.28. The maximum Gasteiger partial charge on any atom is 0.411 e. The smallest absolute Gasteiger partial charge is 0.411 e. The maximum atomic E-state index is 14.3. The second-order valence-electron chi connectivity index (χ2n) is 8.27. The molecular weight excluding hydrogens is 431 g/mol. The van der Waals surface area contributed by atoms with Crippen LogP contribution in [0.25, 0.3) is 10.9 Å². The first kappa shape index (κ1) is 19.3. The zero-order valence-electron chi connectivity index (χ0n) is 16.0. The predicted octanol–water partition coefficient (Wildman–Crippen LogP) is 3.36. The highest BCUT2D eigenvalue weighted by atomic mass is 79.9. The van der Waals surface area contributed by atoms with Crippen LogP contribution in [0.1, 0.15) is 20.8 Å². The summed E-state index contributed by atoms with van der Waals surface area (Å²) in [5.41, 5.74) is -0.758. The van der Waals surface area contributed by atoms with Crippen LogP contribution in [0.15, 0.2) is 22.8 Å². The number of piperazine rings is 1. The number of nitrogens with zero attached hydrogens (tertiary/aromatic N) is 4. The number of aromatic nitrogens is 2. The molecule has 0 bridgehead atoms. The largest absolute Gasteiger partial charge is 0.444 e. The fraction of sp³-hybridized carbons (Fsp3) is 0.526. The number of fused-ring (bicyclic) bond motifs is 1. The average molecular weight is 453 g/mol. The van der Waals surface area contributed by atoms with Gasteiger partial charge in [-0.15, -0.1) is 0 Å². The van der Waals surface area contributed by atoms with Gasteiger partial charge in [0.25, 0.3) is 0 Å². The number of hydrogen-bond acceptors (Lipinski definition) is 6. The molecule has 1 aromatic heterocycles. The van der Waals surface area contributed by atoms with Gasteiger partial charge in [0.15, 0.2) is 5.82 Å². The summed E-state index contributed by atoms with van der Waals surface area (Å²) < 4.78 is 26.0. The molecule has 9 heteroatoms. The van der Waals surface area contributed by atoms with Crippen LogP contribution in [0.4, 0.5) is 15.1 Å². The van der Waals surface area contributed by atoms with E-state index in [1.54, 1.807) is 17.2 Å². The number of carbonyl (C=O) groups is 1. The lowest BCUT2D eigenvalue weighted by molar-refractivity contribution is -0.138. The summed E-state index contributed by atoms with van der Waals surface area (Å²) in [6.07, 6.45) is 1.28. The molecule has 4 rings (SSSR count). The molecule has 150 valence electrons. The topological polar surface area (TPSA) is 67.8 Å². The number of halogens is 2. The van der Waals surface area contributed by atoms with E-state index in [0.717, 1.165) is 0 Å². The Morgan fingerprint density at radius 2 is 2.07 bits per heavy atom. The maximum absolute atomic E-state index is 14.3. The standard InChI is InChI=1S/C19H22BrFN4O3/c1-18(2,3)28-17(26)25-5-4-24(9-19(25)10-27-11-19)16-22-8-12-6-13(20)7-14(21)15(12)23-16/h6-8H,4-5,9-11H2,1-3H3. The minimum Gasteiger partial charge on any atom is -0.444 e. The Bertz CT molecular complexity index is 929. The highest BCUT2D eigenvalue weighted by Gasteiger charge is 2.51. The number of anilines is 1. The quantitative estimate of drug-likeness (QED) is 0.660. The first-order valence-corrected chi connectivity index (χ1v) is 9.91. The lowest BCUT2D eigenvalue weighted by Crippen LogP contribution is -2.73. The van der Waals surface area contributed by atoms with Crippen LogP contribution in [0.5, 0.6) is 0 Å². The second-order valence-corrected chi connectivity index (χ2v) is 9.18. The van der Waals surface area contributed by atoms with E-state index in [0.29, 0.717) is 48.7 Å². The summed E-state index contributed by atoms with van der Waals surface area (Å²) in [7, 11) is 0. The molecule has 0 radical (unpaired) electrons. The molecule has 2 saturated heterocycles. The van der Waals surface area contributed by atoms with E-state index in [1.807, 2.05) is 25.7 Å². The Morgan fingerprint density at radius 1 is 1.32 bits per heavy atom. The van der Waals surface area contributed by atoms with E-state index < -0.39 is 17.0 Å². The monoisotopic (exact) mass is 452 g/mol. The molecule has 2 aromatic rings. The van der Waals surface area contributed by atoms with Gasteiger partial charge in [-0.2, -0.15) is 0 Å². The molecule has 1 amide bonds. The molecular formula is C19H22BrFN4O3. The van der Waals surface area contributed by atoms with Crippen LogP contribution >= 0.6 is 15.9 Å². The van der Waals surface area contributed by atoms with Gasteiger partial charge in [-0.05, 0) is 32.9 Å². The molecule has 0 N–H and O–H groups in total. The number of hydrogen-bond donors (Lipinski definition) is 0. The van der Waals surface area contributed by atoms with Gasteiger partial charge in [-0.1, -0.05) is 15.9 Å². The molecule has 0 saturated carbocycles. The second kappa shape index (κ2) is 6.81. The fourth-order valence-corrected chi connectivity index (χ4v) is 3.99. The lowest BCUT2D eigenvalue weighted by atomic mass is 9.92. The normalized spacial score (nSPS) is 19.0. The van der Waals surface area contributed by atoms with Gasteiger partial charge in [-0.25, -0.2) is 19.2 Å². The van der Waals surface area contributed by atoms with Crippen molar-refractivity contribution in [1.29, 1.82) is 0 Å². The number of rotatable bonds is 1. The number of benzene rings is 1. The van der Waals surface area contributed by atoms with Gasteiger partial charge >= 0.3 is 6.09 Å². The summed E-state index contributed by atoms with van der Waals surface area (Å²) in [5.74, 6) is 0.0472. The molecule has 0 atom stereocenters. The van der Waals surface area contributed by atoms with Crippen molar-refractivity contribution in [3.05, 3.63) is 28.6 Å². The molecule has 1 aromatic carbocycles. The van der Waals surface area contributed by atoms with Crippen LogP contribution in [0.2, 0.25) is 0 Å². The average Bonchev–Trinajstić information content (AvgIpc) is 2.58. The van der Waals surface area contributed by atoms with Gasteiger partial charge in [0.2, 0.25) is 5.95 Å². The van der Waals surface area contributed by atoms with Crippen LogP contribution in [-0.4, -0.2) is 64.9 Å². The van der Waals surface area contributed by atoms with Gasteiger partial charge in [0.05, 0.1) is 13.2 Å². The van der Waals surface area contributed by atoms with E-state index in [1.165, 1.54) is 6.07 Å². The van der Waals surface area contributed by atoms with Crippen LogP contribution in [0.3, 0.4) is 0 Å². The third-order valence-corrected chi connectivity index (χ3v) is 5.34. The van der Waals surface area contributed by atoms with Crippen molar-refractivity contribution in [2.45, 2.75) is 31.9 Å². The highest BCUT2D eigenvalue weighted by molar-refractivity contribution is 9.10. The van der Waals surface area contributed by atoms with E-state index in [4.69, 9.17) is 9.47 Å². The Kier molecular flexibility index (Phi) is 4.70. The minimum atomic E-state index is -0.562. The molecule has 2 fully saturated rings. The van der Waals surface area contributed by atoms with Gasteiger partial charge in [0, 0.05) is 35.7 Å². The third-order valence-electron chi connectivity index (χ3n) is 4.88. The molecule has 28 heavy (non-hydrogen) atoms. The molecule has 1 spiro atoms. The van der Waals surface area contributed by atoms with Gasteiger partial charge < -0.3 is 14.4 Å². The zero-order valence-corrected chi connectivity index (χ0v) is 17.6. The number of amides is 1. The lowest BCUT2D eigenvalue weighted by Gasteiger charge is -2.54. The summed E-state index contributed by atoms with van der Waals surface area (Å²) in [6.45, 7) is 7.90. The fourth-order valence-electron chi connectivity index (χ4n) is 3.55. The Hall–Kier alpha value is -2.00. The Labute approximate surface area is 170 Å². The van der Waals surface area contributed by atoms with Gasteiger partial charge in [-0.3, -0.25) is 4.90 Å². The van der Waals surface area contributed by atoms with Crippen molar-refractivity contribution >= 4 is 38.9 Å². The highest BCUT2D eigenvalue weighted by Crippen LogP contribution is 2.33. The van der Waals surface area contributed by atoms with Crippen molar-refractivity contribution in [1.82, 2.24) is 14.9 Å². The van der Waals surface area contributed by atoms with E-state index in [9.17, 15) is 9.18 Å². The Balaban J connectivity index is 1.59. The number of carbonyl (C=O) groups excluding carboxylic acids is 1. The van der Waals surface area contributed by atoms with E-state index in [-0.39, 0.29) is 11.6 Å². The summed E-state index contributed by atoms with van der Waals surface area (Å²) in [6, 6.07) is 3.17. The minimum absolute atomic E-state index is 0.279. The molecule has 2 aliphatic rings. The first-order chi connectivity index (χ1) is 13.2. The van der Waals surface area contributed by atoms with Crippen molar-refractivity contribution < 1.29 is 18.7 Å². The molecule has 2 aliphatic heterocycles. The molecule has 3 heterocycles. The van der Waals surface area contributed by atoms with Crippen LogP contribution in [0, 0.1) is 5.82 Å². The van der Waals surface area contributed by atoms with Crippen molar-refractivity contribution in [3.8, 4) is 0 Å². The van der Waals surface area contributed by atoms with Gasteiger partial charge in [0.1, 0.15) is 16.7 Å². The van der Waals surface area contributed by atoms with Crippen molar-refractivity contribution in [3.63, 3.8) is 0 Å². The summed E-state index contributed by atoms with van der Waals surface area (Å²) in [4.78, 5) is 25.2. The summed E-state index contributed by atoms with van der Waals surface area (Å²) in [5, 5.41) is 0.629. The van der Waals surface area contributed by atoms with E-state index >= 15 is 0 Å². The molecule has 0 unspecified atom stereocenters.